The Bertz CT molecular complexity index is 657. The van der Waals surface area contributed by atoms with Crippen LogP contribution < -0.4 is 19.1 Å². The maximum atomic E-state index is 12.1. The van der Waals surface area contributed by atoms with Crippen molar-refractivity contribution in [2.45, 2.75) is 13.3 Å². The molecule has 1 saturated heterocycles. The molecule has 1 heterocycles. The fourth-order valence-corrected chi connectivity index (χ4v) is 3.47. The second-order valence-electron chi connectivity index (χ2n) is 5.51. The van der Waals surface area contributed by atoms with Crippen molar-refractivity contribution in [2.75, 3.05) is 49.5 Å². The van der Waals surface area contributed by atoms with E-state index in [1.807, 2.05) is 13.0 Å². The SMILES string of the molecule is CCCNS(=O)(=O)Nc1cc(N2CCN(C=O)CC2)ccc1OC. The summed E-state index contributed by atoms with van der Waals surface area (Å²) in [7, 11) is -2.15. The van der Waals surface area contributed by atoms with Crippen molar-refractivity contribution in [2.24, 2.45) is 0 Å². The summed E-state index contributed by atoms with van der Waals surface area (Å²) < 4.78 is 34.3. The van der Waals surface area contributed by atoms with E-state index in [4.69, 9.17) is 4.74 Å². The van der Waals surface area contributed by atoms with Crippen LogP contribution in [0.3, 0.4) is 0 Å². The third kappa shape index (κ3) is 4.75. The van der Waals surface area contributed by atoms with Crippen LogP contribution in [0.15, 0.2) is 18.2 Å². The molecule has 0 aromatic heterocycles. The number of hydrogen-bond acceptors (Lipinski definition) is 5. The topological polar surface area (TPSA) is 91.0 Å². The van der Waals surface area contributed by atoms with Gasteiger partial charge in [0.15, 0.2) is 0 Å². The van der Waals surface area contributed by atoms with Gasteiger partial charge in [-0.2, -0.15) is 13.1 Å². The molecule has 0 radical (unpaired) electrons. The molecule has 9 heteroatoms. The lowest BCUT2D eigenvalue weighted by atomic mass is 10.2. The van der Waals surface area contributed by atoms with Crippen molar-refractivity contribution in [3.05, 3.63) is 18.2 Å². The zero-order chi connectivity index (χ0) is 17.6. The summed E-state index contributed by atoms with van der Waals surface area (Å²) in [6, 6.07) is 5.37. The lowest BCUT2D eigenvalue weighted by molar-refractivity contribution is -0.118. The lowest BCUT2D eigenvalue weighted by Crippen LogP contribution is -2.45. The van der Waals surface area contributed by atoms with Gasteiger partial charge in [-0.15, -0.1) is 0 Å². The summed E-state index contributed by atoms with van der Waals surface area (Å²) >= 11 is 0. The quantitative estimate of drug-likeness (QED) is 0.667. The molecule has 1 amide bonds. The Morgan fingerprint density at radius 3 is 2.54 bits per heavy atom. The Hall–Kier alpha value is -2.00. The van der Waals surface area contributed by atoms with Crippen LogP contribution in [0.2, 0.25) is 0 Å². The zero-order valence-electron chi connectivity index (χ0n) is 14.0. The number of anilines is 2. The van der Waals surface area contributed by atoms with Gasteiger partial charge in [0.2, 0.25) is 6.41 Å². The van der Waals surface area contributed by atoms with Crippen molar-refractivity contribution < 1.29 is 17.9 Å². The van der Waals surface area contributed by atoms with E-state index >= 15 is 0 Å². The molecule has 1 aliphatic heterocycles. The van der Waals surface area contributed by atoms with E-state index in [2.05, 4.69) is 14.3 Å². The Balaban J connectivity index is 2.17. The van der Waals surface area contributed by atoms with Gasteiger partial charge in [0.25, 0.3) is 10.2 Å². The minimum absolute atomic E-state index is 0.366. The van der Waals surface area contributed by atoms with Crippen LogP contribution in [0, 0.1) is 0 Å². The van der Waals surface area contributed by atoms with Gasteiger partial charge in [-0.1, -0.05) is 6.92 Å². The van der Waals surface area contributed by atoms with Gasteiger partial charge in [-0.05, 0) is 24.6 Å². The summed E-state index contributed by atoms with van der Waals surface area (Å²) in [6.45, 7) is 4.95. The molecule has 1 aliphatic rings. The van der Waals surface area contributed by atoms with Gasteiger partial charge in [0, 0.05) is 38.4 Å². The number of ether oxygens (including phenoxy) is 1. The van der Waals surface area contributed by atoms with Crippen LogP contribution in [0.25, 0.3) is 0 Å². The second kappa shape index (κ2) is 8.20. The van der Waals surface area contributed by atoms with Gasteiger partial charge in [0.1, 0.15) is 5.75 Å². The minimum atomic E-state index is -3.64. The third-order valence-electron chi connectivity index (χ3n) is 3.80. The molecule has 1 aromatic carbocycles. The van der Waals surface area contributed by atoms with Crippen LogP contribution in [-0.4, -0.2) is 59.6 Å². The number of carbonyl (C=O) groups is 1. The molecule has 2 N–H and O–H groups in total. The molecule has 1 fully saturated rings. The highest BCUT2D eigenvalue weighted by Crippen LogP contribution is 2.30. The smallest absolute Gasteiger partial charge is 0.299 e. The Kier molecular flexibility index (Phi) is 6.27. The Morgan fingerprint density at radius 1 is 1.25 bits per heavy atom. The van der Waals surface area contributed by atoms with Gasteiger partial charge >= 0.3 is 0 Å². The summed E-state index contributed by atoms with van der Waals surface area (Å²) in [5.41, 5.74) is 1.27. The number of amides is 1. The fraction of sp³-hybridized carbons (Fsp3) is 0.533. The number of rotatable bonds is 8. The zero-order valence-corrected chi connectivity index (χ0v) is 14.8. The van der Waals surface area contributed by atoms with Crippen molar-refractivity contribution in [1.82, 2.24) is 9.62 Å². The number of nitrogens with one attached hydrogen (secondary N) is 2. The lowest BCUT2D eigenvalue weighted by Gasteiger charge is -2.34. The summed E-state index contributed by atoms with van der Waals surface area (Å²) in [5.74, 6) is 0.451. The molecule has 24 heavy (non-hydrogen) atoms. The van der Waals surface area contributed by atoms with Gasteiger partial charge < -0.3 is 14.5 Å². The maximum absolute atomic E-state index is 12.1. The minimum Gasteiger partial charge on any atom is -0.495 e. The first-order chi connectivity index (χ1) is 11.5. The monoisotopic (exact) mass is 356 g/mol. The van der Waals surface area contributed by atoms with E-state index in [0.717, 1.165) is 12.1 Å². The highest BCUT2D eigenvalue weighted by Gasteiger charge is 2.18. The summed E-state index contributed by atoms with van der Waals surface area (Å²) in [6.07, 6.45) is 1.56. The first-order valence-corrected chi connectivity index (χ1v) is 9.37. The van der Waals surface area contributed by atoms with Crippen molar-refractivity contribution in [3.63, 3.8) is 0 Å². The van der Waals surface area contributed by atoms with Gasteiger partial charge in [-0.25, -0.2) is 0 Å². The molecule has 2 rings (SSSR count). The van der Waals surface area contributed by atoms with Crippen LogP contribution >= 0.6 is 0 Å². The van der Waals surface area contributed by atoms with Gasteiger partial charge in [-0.3, -0.25) is 9.52 Å². The molecular formula is C15H24N4O4S. The molecule has 0 bridgehead atoms. The first kappa shape index (κ1) is 18.3. The van der Waals surface area contributed by atoms with Crippen LogP contribution in [-0.2, 0) is 15.0 Å². The molecule has 1 aromatic rings. The Morgan fingerprint density at radius 2 is 1.96 bits per heavy atom. The number of hydrogen-bond donors (Lipinski definition) is 2. The average Bonchev–Trinajstić information content (AvgIpc) is 2.59. The number of methoxy groups -OCH3 is 1. The summed E-state index contributed by atoms with van der Waals surface area (Å²) in [5, 5.41) is 0. The highest BCUT2D eigenvalue weighted by atomic mass is 32.2. The first-order valence-electron chi connectivity index (χ1n) is 7.89. The van der Waals surface area contributed by atoms with Crippen molar-refractivity contribution in [1.29, 1.82) is 0 Å². The Labute approximate surface area is 143 Å². The van der Waals surface area contributed by atoms with Crippen molar-refractivity contribution in [3.8, 4) is 5.75 Å². The van der Waals surface area contributed by atoms with E-state index < -0.39 is 10.2 Å². The number of nitrogens with zero attached hydrogens (tertiary/aromatic N) is 2. The highest BCUT2D eigenvalue weighted by molar-refractivity contribution is 7.90. The predicted octanol–water partition coefficient (Wildman–Crippen LogP) is 0.630. The molecule has 0 spiro atoms. The van der Waals surface area contributed by atoms with Crippen LogP contribution in [0.4, 0.5) is 11.4 Å². The number of benzene rings is 1. The van der Waals surface area contributed by atoms with Gasteiger partial charge in [0.05, 0.1) is 12.8 Å². The standard InChI is InChI=1S/C15H24N4O4S/c1-3-6-16-24(21,22)17-14-11-13(4-5-15(14)23-2)19-9-7-18(12-20)8-10-19/h4-5,11-12,16-17H,3,6-10H2,1-2H3. The van der Waals surface area contributed by atoms with Crippen molar-refractivity contribution >= 4 is 28.0 Å². The molecule has 8 nitrogen and oxygen atoms in total. The van der Waals surface area contributed by atoms with E-state index in [9.17, 15) is 13.2 Å². The third-order valence-corrected chi connectivity index (χ3v) is 4.87. The van der Waals surface area contributed by atoms with E-state index in [1.54, 1.807) is 17.0 Å². The summed E-state index contributed by atoms with van der Waals surface area (Å²) in [4.78, 5) is 14.6. The average molecular weight is 356 g/mol. The second-order valence-corrected chi connectivity index (χ2v) is 7.01. The molecule has 0 atom stereocenters. The number of carbonyl (C=O) groups excluding carboxylic acids is 1. The van der Waals surface area contributed by atoms with E-state index in [1.165, 1.54) is 7.11 Å². The number of piperazine rings is 1. The molecule has 0 aliphatic carbocycles. The van der Waals surface area contributed by atoms with Crippen LogP contribution in [0.5, 0.6) is 5.75 Å². The fourth-order valence-electron chi connectivity index (χ4n) is 2.48. The van der Waals surface area contributed by atoms with E-state index in [-0.39, 0.29) is 0 Å². The molecule has 134 valence electrons. The normalized spacial score (nSPS) is 15.2. The largest absolute Gasteiger partial charge is 0.495 e. The molecule has 0 saturated carbocycles. The van der Waals surface area contributed by atoms with Crippen LogP contribution in [0.1, 0.15) is 13.3 Å². The van der Waals surface area contributed by atoms with E-state index in [0.29, 0.717) is 50.6 Å². The predicted molar refractivity (Wildman–Crippen MR) is 93.7 cm³/mol. The molecular weight excluding hydrogens is 332 g/mol. The maximum Gasteiger partial charge on any atom is 0.299 e. The molecule has 0 unspecified atom stereocenters.